The summed E-state index contributed by atoms with van der Waals surface area (Å²) in [6, 6.07) is 14.8. The molecule has 1 atom stereocenters. The average molecular weight is 301 g/mol. The van der Waals surface area contributed by atoms with Crippen molar-refractivity contribution in [3.05, 3.63) is 69.7 Å². The molecule has 2 nitrogen and oxygen atoms in total. The monoisotopic (exact) mass is 300 g/mol. The molecule has 0 aromatic heterocycles. The number of aryl methyl sites for hydroxylation is 1. The van der Waals surface area contributed by atoms with Crippen LogP contribution in [-0.4, -0.2) is 0 Å². The highest BCUT2D eigenvalue weighted by molar-refractivity contribution is 6.31. The van der Waals surface area contributed by atoms with E-state index < -0.39 is 0 Å². The summed E-state index contributed by atoms with van der Waals surface area (Å²) in [5, 5.41) is 0.786. The van der Waals surface area contributed by atoms with Crippen LogP contribution in [0, 0.1) is 6.92 Å². The number of nitrogens with two attached hydrogens (primary N) is 1. The third-order valence-corrected chi connectivity index (χ3v) is 4.96. The summed E-state index contributed by atoms with van der Waals surface area (Å²) >= 11 is 6.27. The van der Waals surface area contributed by atoms with Crippen LogP contribution < -0.4 is 11.3 Å². The molecule has 0 radical (unpaired) electrons. The van der Waals surface area contributed by atoms with Crippen LogP contribution in [0.3, 0.4) is 0 Å². The van der Waals surface area contributed by atoms with Crippen LogP contribution in [0.2, 0.25) is 5.02 Å². The predicted octanol–water partition coefficient (Wildman–Crippen LogP) is 4.47. The minimum Gasteiger partial charge on any atom is -0.271 e. The lowest BCUT2D eigenvalue weighted by atomic mass is 9.76. The Hall–Kier alpha value is -1.35. The minimum atomic E-state index is -0.0140. The molecule has 0 saturated heterocycles. The van der Waals surface area contributed by atoms with E-state index in [0.29, 0.717) is 5.92 Å². The smallest absolute Gasteiger partial charge is 0.0713 e. The first-order chi connectivity index (χ1) is 10.2. The van der Waals surface area contributed by atoms with E-state index in [4.69, 9.17) is 17.4 Å². The van der Waals surface area contributed by atoms with Crippen molar-refractivity contribution in [1.82, 2.24) is 5.43 Å². The third kappa shape index (κ3) is 2.84. The van der Waals surface area contributed by atoms with E-state index in [1.54, 1.807) is 0 Å². The zero-order chi connectivity index (χ0) is 14.8. The van der Waals surface area contributed by atoms with Gasteiger partial charge in [-0.3, -0.25) is 5.84 Å². The zero-order valence-corrected chi connectivity index (χ0v) is 13.0. The highest BCUT2D eigenvalue weighted by atomic mass is 35.5. The summed E-state index contributed by atoms with van der Waals surface area (Å²) in [6.45, 7) is 2.01. The van der Waals surface area contributed by atoms with Gasteiger partial charge in [-0.1, -0.05) is 54.4 Å². The van der Waals surface area contributed by atoms with Crippen molar-refractivity contribution >= 4 is 11.6 Å². The second kappa shape index (κ2) is 6.18. The Labute approximate surface area is 131 Å². The molecule has 0 spiro atoms. The maximum atomic E-state index is 6.27. The van der Waals surface area contributed by atoms with Gasteiger partial charge in [0.1, 0.15) is 0 Å². The van der Waals surface area contributed by atoms with E-state index in [0.717, 1.165) is 16.1 Å². The minimum absolute atomic E-state index is 0.0140. The molecule has 1 saturated carbocycles. The van der Waals surface area contributed by atoms with Crippen molar-refractivity contribution in [2.45, 2.75) is 38.1 Å². The quantitative estimate of drug-likeness (QED) is 0.646. The Balaban J connectivity index is 2.01. The van der Waals surface area contributed by atoms with Crippen molar-refractivity contribution in [3.8, 4) is 0 Å². The molecular weight excluding hydrogens is 280 g/mol. The molecule has 1 aliphatic rings. The van der Waals surface area contributed by atoms with Gasteiger partial charge in [0.15, 0.2) is 0 Å². The maximum Gasteiger partial charge on any atom is 0.0713 e. The van der Waals surface area contributed by atoms with Crippen LogP contribution in [0.4, 0.5) is 0 Å². The fraction of sp³-hybridized carbons (Fsp3) is 0.333. The lowest BCUT2D eigenvalue weighted by Gasteiger charge is -2.30. The SMILES string of the molecule is Cc1ccc(C(NN)c2ccccc2C2CCC2)cc1Cl. The number of halogens is 1. The van der Waals surface area contributed by atoms with Crippen molar-refractivity contribution < 1.29 is 0 Å². The van der Waals surface area contributed by atoms with Gasteiger partial charge in [0.2, 0.25) is 0 Å². The fourth-order valence-corrected chi connectivity index (χ4v) is 3.21. The number of hydrazine groups is 1. The molecule has 2 aromatic rings. The van der Waals surface area contributed by atoms with Gasteiger partial charge in [0.25, 0.3) is 0 Å². The fourth-order valence-electron chi connectivity index (χ4n) is 3.02. The second-order valence-electron chi connectivity index (χ2n) is 5.87. The summed E-state index contributed by atoms with van der Waals surface area (Å²) in [7, 11) is 0. The first-order valence-electron chi connectivity index (χ1n) is 7.51. The van der Waals surface area contributed by atoms with Gasteiger partial charge in [-0.2, -0.15) is 0 Å². The van der Waals surface area contributed by atoms with E-state index >= 15 is 0 Å². The van der Waals surface area contributed by atoms with Gasteiger partial charge in [-0.05, 0) is 54.0 Å². The molecule has 1 unspecified atom stereocenters. The molecular formula is C18H21ClN2. The number of benzene rings is 2. The second-order valence-corrected chi connectivity index (χ2v) is 6.27. The van der Waals surface area contributed by atoms with E-state index in [2.05, 4.69) is 35.8 Å². The van der Waals surface area contributed by atoms with Crippen molar-refractivity contribution in [1.29, 1.82) is 0 Å². The van der Waals surface area contributed by atoms with Crippen LogP contribution in [-0.2, 0) is 0 Å². The van der Waals surface area contributed by atoms with E-state index in [9.17, 15) is 0 Å². The summed E-state index contributed by atoms with van der Waals surface area (Å²) in [5.74, 6) is 6.54. The van der Waals surface area contributed by atoms with Crippen molar-refractivity contribution in [3.63, 3.8) is 0 Å². The number of nitrogens with one attached hydrogen (secondary N) is 1. The topological polar surface area (TPSA) is 38.0 Å². The van der Waals surface area contributed by atoms with Gasteiger partial charge >= 0.3 is 0 Å². The van der Waals surface area contributed by atoms with Gasteiger partial charge in [0, 0.05) is 5.02 Å². The van der Waals surface area contributed by atoms with Crippen LogP contribution in [0.25, 0.3) is 0 Å². The van der Waals surface area contributed by atoms with E-state index in [1.165, 1.54) is 30.4 Å². The summed E-state index contributed by atoms with van der Waals surface area (Å²) in [6.07, 6.45) is 3.89. The van der Waals surface area contributed by atoms with Gasteiger partial charge < -0.3 is 0 Å². The first kappa shape index (κ1) is 14.6. The van der Waals surface area contributed by atoms with Gasteiger partial charge in [-0.25, -0.2) is 5.43 Å². The van der Waals surface area contributed by atoms with Crippen LogP contribution in [0.1, 0.15) is 53.5 Å². The summed E-state index contributed by atoms with van der Waals surface area (Å²) in [4.78, 5) is 0. The molecule has 3 rings (SSSR count). The Morgan fingerprint density at radius 3 is 2.57 bits per heavy atom. The molecule has 3 heteroatoms. The van der Waals surface area contributed by atoms with Crippen molar-refractivity contribution in [2.24, 2.45) is 5.84 Å². The molecule has 110 valence electrons. The van der Waals surface area contributed by atoms with E-state index in [-0.39, 0.29) is 6.04 Å². The van der Waals surface area contributed by atoms with Crippen LogP contribution in [0.15, 0.2) is 42.5 Å². The van der Waals surface area contributed by atoms with Gasteiger partial charge in [0.05, 0.1) is 6.04 Å². The molecule has 1 aliphatic carbocycles. The Morgan fingerprint density at radius 1 is 1.19 bits per heavy atom. The van der Waals surface area contributed by atoms with E-state index in [1.807, 2.05) is 19.1 Å². The molecule has 0 heterocycles. The average Bonchev–Trinajstić information content (AvgIpc) is 2.43. The Kier molecular flexibility index (Phi) is 4.29. The lowest BCUT2D eigenvalue weighted by molar-refractivity contribution is 0.414. The maximum absolute atomic E-state index is 6.27. The number of rotatable bonds is 4. The van der Waals surface area contributed by atoms with Crippen molar-refractivity contribution in [2.75, 3.05) is 0 Å². The summed E-state index contributed by atoms with van der Waals surface area (Å²) < 4.78 is 0. The van der Waals surface area contributed by atoms with Crippen LogP contribution >= 0.6 is 11.6 Å². The largest absolute Gasteiger partial charge is 0.271 e. The molecule has 2 aromatic carbocycles. The molecule has 0 aliphatic heterocycles. The normalized spacial score (nSPS) is 16.5. The Morgan fingerprint density at radius 2 is 1.95 bits per heavy atom. The molecule has 0 bridgehead atoms. The highest BCUT2D eigenvalue weighted by Gasteiger charge is 2.25. The van der Waals surface area contributed by atoms with Crippen LogP contribution in [0.5, 0.6) is 0 Å². The highest BCUT2D eigenvalue weighted by Crippen LogP contribution is 2.40. The standard InChI is InChI=1S/C18H21ClN2/c1-12-9-10-14(11-17(12)19)18(21-20)16-8-3-2-7-15(16)13-5-4-6-13/h2-3,7-11,13,18,21H,4-6,20H2,1H3. The predicted molar refractivity (Wildman–Crippen MR) is 88.4 cm³/mol. The van der Waals surface area contributed by atoms with Gasteiger partial charge in [-0.15, -0.1) is 0 Å². The molecule has 21 heavy (non-hydrogen) atoms. The third-order valence-electron chi connectivity index (χ3n) is 4.55. The zero-order valence-electron chi connectivity index (χ0n) is 12.3. The molecule has 3 N–H and O–H groups in total. The summed E-state index contributed by atoms with van der Waals surface area (Å²) in [5.41, 5.74) is 7.85. The number of hydrogen-bond donors (Lipinski definition) is 2. The number of hydrogen-bond acceptors (Lipinski definition) is 2. The molecule has 1 fully saturated rings. The Bertz CT molecular complexity index is 635. The lowest BCUT2D eigenvalue weighted by Crippen LogP contribution is -2.30. The first-order valence-corrected chi connectivity index (χ1v) is 7.89. The molecule has 0 amide bonds.